The summed E-state index contributed by atoms with van der Waals surface area (Å²) in [5.41, 5.74) is 5.44. The van der Waals surface area contributed by atoms with Gasteiger partial charge in [-0.3, -0.25) is 4.79 Å². The summed E-state index contributed by atoms with van der Waals surface area (Å²) in [5, 5.41) is 0. The second-order valence-electron chi connectivity index (χ2n) is 7.79. The smallest absolute Gasteiger partial charge is 0.241 e. The Morgan fingerprint density at radius 1 is 1.00 bits per heavy atom. The van der Waals surface area contributed by atoms with E-state index in [1.807, 2.05) is 13.0 Å². The number of hydrogen-bond acceptors (Lipinski definition) is 3. The monoisotopic (exact) mass is 398 g/mol. The lowest BCUT2D eigenvalue weighted by molar-refractivity contribution is -0.116. The van der Waals surface area contributed by atoms with E-state index < -0.39 is 10.0 Å². The number of aryl methyl sites for hydroxylation is 2. The zero-order chi connectivity index (χ0) is 19.9. The van der Waals surface area contributed by atoms with Gasteiger partial charge in [0.1, 0.15) is 0 Å². The van der Waals surface area contributed by atoms with Crippen LogP contribution < -0.4 is 9.62 Å². The van der Waals surface area contributed by atoms with E-state index in [-0.39, 0.29) is 16.8 Å². The molecule has 0 aromatic heterocycles. The summed E-state index contributed by atoms with van der Waals surface area (Å²) in [4.78, 5) is 13.6. The van der Waals surface area contributed by atoms with Crippen molar-refractivity contribution in [1.29, 1.82) is 0 Å². The van der Waals surface area contributed by atoms with Crippen LogP contribution in [0.15, 0.2) is 41.3 Å². The highest BCUT2D eigenvalue weighted by molar-refractivity contribution is 7.89. The highest BCUT2D eigenvalue weighted by atomic mass is 32.2. The van der Waals surface area contributed by atoms with Gasteiger partial charge >= 0.3 is 0 Å². The molecular formula is C22H26N2O3S. The van der Waals surface area contributed by atoms with Crippen LogP contribution in [0.5, 0.6) is 0 Å². The van der Waals surface area contributed by atoms with E-state index in [1.54, 1.807) is 23.1 Å². The van der Waals surface area contributed by atoms with Crippen LogP contribution in [0.2, 0.25) is 0 Å². The van der Waals surface area contributed by atoms with E-state index in [4.69, 9.17) is 0 Å². The number of carbonyl (C=O) groups excluding carboxylic acids is 1. The molecule has 1 heterocycles. The topological polar surface area (TPSA) is 66.5 Å². The number of amides is 1. The Labute approximate surface area is 166 Å². The first-order chi connectivity index (χ1) is 13.3. The number of rotatable bonds is 4. The number of hydrogen-bond donors (Lipinski definition) is 1. The van der Waals surface area contributed by atoms with Crippen molar-refractivity contribution >= 4 is 21.6 Å². The Morgan fingerprint density at radius 3 is 2.50 bits per heavy atom. The molecule has 1 atom stereocenters. The Morgan fingerprint density at radius 2 is 1.75 bits per heavy atom. The van der Waals surface area contributed by atoms with Crippen LogP contribution in [-0.4, -0.2) is 20.9 Å². The predicted octanol–water partition coefficient (Wildman–Crippen LogP) is 3.51. The van der Waals surface area contributed by atoms with Crippen LogP contribution in [0, 0.1) is 0 Å². The van der Waals surface area contributed by atoms with E-state index in [9.17, 15) is 13.2 Å². The molecule has 2 aromatic rings. The third-order valence-electron chi connectivity index (χ3n) is 5.84. The molecule has 0 fully saturated rings. The van der Waals surface area contributed by atoms with Gasteiger partial charge < -0.3 is 4.90 Å². The van der Waals surface area contributed by atoms with Crippen LogP contribution in [0.25, 0.3) is 0 Å². The SMILES string of the molecule is CC(=O)N1CCc2cc(S(=O)(=O)N[C@@H](C)c3ccc4c(c3)CCCC4)ccc21. The predicted molar refractivity (Wildman–Crippen MR) is 110 cm³/mol. The Hall–Kier alpha value is -2.18. The molecule has 2 aromatic carbocycles. The van der Waals surface area contributed by atoms with Crippen LogP contribution in [0.1, 0.15) is 55.0 Å². The molecule has 0 radical (unpaired) electrons. The van der Waals surface area contributed by atoms with E-state index in [0.29, 0.717) is 13.0 Å². The maximum absolute atomic E-state index is 12.9. The van der Waals surface area contributed by atoms with E-state index in [0.717, 1.165) is 29.7 Å². The first kappa shape index (κ1) is 19.2. The zero-order valence-corrected chi connectivity index (χ0v) is 17.2. The Kier molecular flexibility index (Phi) is 5.02. The van der Waals surface area contributed by atoms with Crippen molar-refractivity contribution in [3.05, 3.63) is 58.7 Å². The van der Waals surface area contributed by atoms with Crippen LogP contribution in [0.3, 0.4) is 0 Å². The molecule has 2 aliphatic rings. The summed E-state index contributed by atoms with van der Waals surface area (Å²) in [5.74, 6) is -0.0199. The molecule has 0 saturated heterocycles. The number of carbonyl (C=O) groups is 1. The lowest BCUT2D eigenvalue weighted by Gasteiger charge is -2.20. The van der Waals surface area contributed by atoms with Crippen LogP contribution in [-0.2, 0) is 34.1 Å². The molecule has 1 amide bonds. The summed E-state index contributed by atoms with van der Waals surface area (Å²) in [7, 11) is -3.64. The summed E-state index contributed by atoms with van der Waals surface area (Å²) in [6.07, 6.45) is 5.29. The van der Waals surface area contributed by atoms with Crippen molar-refractivity contribution in [3.8, 4) is 0 Å². The number of nitrogens with zero attached hydrogens (tertiary/aromatic N) is 1. The van der Waals surface area contributed by atoms with E-state index in [2.05, 4.69) is 16.9 Å². The standard InChI is InChI=1S/C22H26N2O3S/c1-15(18-8-7-17-5-3-4-6-19(17)13-18)23-28(26,27)21-9-10-22-20(14-21)11-12-24(22)16(2)25/h7-10,13-15,23H,3-6,11-12H2,1-2H3/t15-/m0/s1. The Balaban J connectivity index is 1.55. The van der Waals surface area contributed by atoms with Gasteiger partial charge in [0.2, 0.25) is 15.9 Å². The third-order valence-corrected chi connectivity index (χ3v) is 7.38. The fourth-order valence-electron chi connectivity index (χ4n) is 4.26. The first-order valence-electron chi connectivity index (χ1n) is 9.90. The molecule has 0 spiro atoms. The molecule has 4 rings (SSSR count). The van der Waals surface area contributed by atoms with Crippen molar-refractivity contribution in [2.45, 2.75) is 56.9 Å². The minimum atomic E-state index is -3.64. The van der Waals surface area contributed by atoms with Gasteiger partial charge in [-0.1, -0.05) is 18.2 Å². The third kappa shape index (κ3) is 3.59. The van der Waals surface area contributed by atoms with Crippen LogP contribution in [0.4, 0.5) is 5.69 Å². The molecule has 1 N–H and O–H groups in total. The average Bonchev–Trinajstić information content (AvgIpc) is 3.11. The molecule has 0 saturated carbocycles. The fraction of sp³-hybridized carbons (Fsp3) is 0.409. The Bertz CT molecular complexity index is 1030. The average molecular weight is 399 g/mol. The van der Waals surface area contributed by atoms with Crippen molar-refractivity contribution in [1.82, 2.24) is 4.72 Å². The van der Waals surface area contributed by atoms with Crippen molar-refractivity contribution in [3.63, 3.8) is 0 Å². The number of nitrogens with one attached hydrogen (secondary N) is 1. The summed E-state index contributed by atoms with van der Waals surface area (Å²) >= 11 is 0. The van der Waals surface area contributed by atoms with Crippen molar-refractivity contribution in [2.75, 3.05) is 11.4 Å². The highest BCUT2D eigenvalue weighted by Crippen LogP contribution is 2.31. The molecule has 0 unspecified atom stereocenters. The van der Waals surface area contributed by atoms with Gasteiger partial charge in [0, 0.05) is 25.2 Å². The van der Waals surface area contributed by atoms with E-state index >= 15 is 0 Å². The number of sulfonamides is 1. The first-order valence-corrected chi connectivity index (χ1v) is 11.4. The molecule has 28 heavy (non-hydrogen) atoms. The van der Waals surface area contributed by atoms with Gasteiger partial charge in [0.05, 0.1) is 4.90 Å². The largest absolute Gasteiger partial charge is 0.312 e. The minimum Gasteiger partial charge on any atom is -0.312 e. The lowest BCUT2D eigenvalue weighted by Crippen LogP contribution is -2.27. The maximum Gasteiger partial charge on any atom is 0.241 e. The van der Waals surface area contributed by atoms with Crippen molar-refractivity contribution in [2.24, 2.45) is 0 Å². The number of benzene rings is 2. The molecule has 1 aliphatic carbocycles. The minimum absolute atomic E-state index is 0.0199. The van der Waals surface area contributed by atoms with Gasteiger partial charge in [-0.15, -0.1) is 0 Å². The second-order valence-corrected chi connectivity index (χ2v) is 9.50. The summed E-state index contributed by atoms with van der Waals surface area (Å²) in [6.45, 7) is 4.02. The fourth-order valence-corrected chi connectivity index (χ4v) is 5.55. The molecule has 1 aliphatic heterocycles. The quantitative estimate of drug-likeness (QED) is 0.857. The molecule has 0 bridgehead atoms. The second kappa shape index (κ2) is 7.33. The molecular weight excluding hydrogens is 372 g/mol. The van der Waals surface area contributed by atoms with Gasteiger partial charge in [-0.05, 0) is 79.5 Å². The normalized spacial score (nSPS) is 17.1. The van der Waals surface area contributed by atoms with Gasteiger partial charge in [0.25, 0.3) is 0 Å². The van der Waals surface area contributed by atoms with Gasteiger partial charge in [-0.2, -0.15) is 0 Å². The molecule has 5 nitrogen and oxygen atoms in total. The zero-order valence-electron chi connectivity index (χ0n) is 16.4. The van der Waals surface area contributed by atoms with Gasteiger partial charge in [-0.25, -0.2) is 13.1 Å². The molecule has 6 heteroatoms. The number of anilines is 1. The summed E-state index contributed by atoms with van der Waals surface area (Å²) < 4.78 is 28.7. The molecule has 148 valence electrons. The van der Waals surface area contributed by atoms with Crippen molar-refractivity contribution < 1.29 is 13.2 Å². The summed E-state index contributed by atoms with van der Waals surface area (Å²) in [6, 6.07) is 11.0. The van der Waals surface area contributed by atoms with Gasteiger partial charge in [0.15, 0.2) is 0 Å². The van der Waals surface area contributed by atoms with E-state index in [1.165, 1.54) is 30.9 Å². The lowest BCUT2D eigenvalue weighted by atomic mass is 9.89. The maximum atomic E-state index is 12.9. The highest BCUT2D eigenvalue weighted by Gasteiger charge is 2.26. The number of fused-ring (bicyclic) bond motifs is 2. The van der Waals surface area contributed by atoms with Crippen LogP contribution >= 0.6 is 0 Å².